The molecule has 0 unspecified atom stereocenters. The zero-order chi connectivity index (χ0) is 17.2. The summed E-state index contributed by atoms with van der Waals surface area (Å²) in [5.41, 5.74) is 1.73. The molecule has 2 aromatic carbocycles. The van der Waals surface area contributed by atoms with Crippen LogP contribution in [0.3, 0.4) is 0 Å². The lowest BCUT2D eigenvalue weighted by molar-refractivity contribution is -0.117. The van der Waals surface area contributed by atoms with Crippen LogP contribution in [0.5, 0.6) is 11.5 Å². The van der Waals surface area contributed by atoms with E-state index in [1.165, 1.54) is 0 Å². The van der Waals surface area contributed by atoms with Crippen LogP contribution >= 0.6 is 0 Å². The van der Waals surface area contributed by atoms with Crippen molar-refractivity contribution in [2.45, 2.75) is 12.8 Å². The van der Waals surface area contributed by atoms with Gasteiger partial charge in [-0.05, 0) is 43.2 Å². The van der Waals surface area contributed by atoms with Gasteiger partial charge in [0.2, 0.25) is 5.91 Å². The molecular formula is C19H18N2O4. The van der Waals surface area contributed by atoms with Crippen LogP contribution in [0, 0.1) is 5.92 Å². The number of benzene rings is 2. The highest BCUT2D eigenvalue weighted by Crippen LogP contribution is 2.33. The molecule has 0 spiro atoms. The molecule has 1 aliphatic carbocycles. The number of rotatable bonds is 4. The van der Waals surface area contributed by atoms with Crippen LogP contribution in [0.4, 0.5) is 11.4 Å². The first-order valence-electron chi connectivity index (χ1n) is 8.31. The SMILES string of the molecule is O=C(Nc1ccc2c(c1)OCCO2)c1cccc(NC(=O)C2CC2)c1. The van der Waals surface area contributed by atoms with Gasteiger partial charge in [0.25, 0.3) is 5.91 Å². The second-order valence-corrected chi connectivity index (χ2v) is 6.16. The Balaban J connectivity index is 1.46. The van der Waals surface area contributed by atoms with Gasteiger partial charge in [-0.25, -0.2) is 0 Å². The summed E-state index contributed by atoms with van der Waals surface area (Å²) in [7, 11) is 0. The van der Waals surface area contributed by atoms with E-state index in [9.17, 15) is 9.59 Å². The molecule has 2 aliphatic rings. The van der Waals surface area contributed by atoms with Crippen molar-refractivity contribution in [1.29, 1.82) is 0 Å². The van der Waals surface area contributed by atoms with Crippen LogP contribution in [0.2, 0.25) is 0 Å². The number of amides is 2. The zero-order valence-corrected chi connectivity index (χ0v) is 13.6. The molecule has 1 heterocycles. The van der Waals surface area contributed by atoms with Crippen molar-refractivity contribution in [2.24, 2.45) is 5.92 Å². The monoisotopic (exact) mass is 338 g/mol. The number of ether oxygens (including phenoxy) is 2. The molecule has 0 aromatic heterocycles. The molecule has 0 bridgehead atoms. The number of nitrogens with one attached hydrogen (secondary N) is 2. The van der Waals surface area contributed by atoms with E-state index < -0.39 is 0 Å². The molecule has 1 aliphatic heterocycles. The van der Waals surface area contributed by atoms with Gasteiger partial charge in [0, 0.05) is 28.9 Å². The first kappa shape index (κ1) is 15.5. The van der Waals surface area contributed by atoms with E-state index in [-0.39, 0.29) is 17.7 Å². The Morgan fingerprint density at radius 1 is 0.880 bits per heavy atom. The standard InChI is InChI=1S/C19H18N2O4/c22-18(12-4-5-12)20-14-3-1-2-13(10-14)19(23)21-15-6-7-16-17(11-15)25-9-8-24-16/h1-3,6-7,10-12H,4-5,8-9H2,(H,20,22)(H,21,23). The second-order valence-electron chi connectivity index (χ2n) is 6.16. The molecule has 4 rings (SSSR count). The molecule has 6 nitrogen and oxygen atoms in total. The molecule has 0 radical (unpaired) electrons. The van der Waals surface area contributed by atoms with Crippen LogP contribution in [-0.2, 0) is 4.79 Å². The summed E-state index contributed by atoms with van der Waals surface area (Å²) >= 11 is 0. The van der Waals surface area contributed by atoms with Gasteiger partial charge in [0.05, 0.1) is 0 Å². The summed E-state index contributed by atoms with van der Waals surface area (Å²) in [6.45, 7) is 1.02. The summed E-state index contributed by atoms with van der Waals surface area (Å²) in [6.07, 6.45) is 1.88. The molecule has 0 saturated heterocycles. The second kappa shape index (κ2) is 6.47. The summed E-state index contributed by atoms with van der Waals surface area (Å²) < 4.78 is 11.0. The highest BCUT2D eigenvalue weighted by Gasteiger charge is 2.29. The van der Waals surface area contributed by atoms with Crippen molar-refractivity contribution in [3.8, 4) is 11.5 Å². The molecule has 128 valence electrons. The number of carbonyl (C=O) groups is 2. The Hall–Kier alpha value is -3.02. The van der Waals surface area contributed by atoms with Gasteiger partial charge in [-0.3, -0.25) is 9.59 Å². The van der Waals surface area contributed by atoms with Crippen molar-refractivity contribution in [3.63, 3.8) is 0 Å². The van der Waals surface area contributed by atoms with E-state index in [0.29, 0.717) is 41.7 Å². The largest absolute Gasteiger partial charge is 0.486 e. The highest BCUT2D eigenvalue weighted by molar-refractivity contribution is 6.05. The van der Waals surface area contributed by atoms with Gasteiger partial charge in [-0.2, -0.15) is 0 Å². The minimum atomic E-state index is -0.251. The van der Waals surface area contributed by atoms with E-state index in [0.717, 1.165) is 12.8 Å². The van der Waals surface area contributed by atoms with E-state index in [1.807, 2.05) is 0 Å². The number of anilines is 2. The van der Waals surface area contributed by atoms with Gasteiger partial charge in [0.15, 0.2) is 11.5 Å². The fourth-order valence-electron chi connectivity index (χ4n) is 2.65. The smallest absolute Gasteiger partial charge is 0.255 e. The Bertz CT molecular complexity index is 830. The van der Waals surface area contributed by atoms with Gasteiger partial charge in [-0.1, -0.05) is 6.07 Å². The van der Waals surface area contributed by atoms with E-state index in [2.05, 4.69) is 10.6 Å². The van der Waals surface area contributed by atoms with Crippen molar-refractivity contribution in [3.05, 3.63) is 48.0 Å². The average Bonchev–Trinajstić information content (AvgIpc) is 3.47. The van der Waals surface area contributed by atoms with Gasteiger partial charge < -0.3 is 20.1 Å². The predicted octanol–water partition coefficient (Wildman–Crippen LogP) is 3.06. The summed E-state index contributed by atoms with van der Waals surface area (Å²) in [4.78, 5) is 24.3. The third-order valence-corrected chi connectivity index (χ3v) is 4.14. The average molecular weight is 338 g/mol. The molecule has 2 amide bonds. The van der Waals surface area contributed by atoms with Crippen LogP contribution in [0.15, 0.2) is 42.5 Å². The minimum Gasteiger partial charge on any atom is -0.486 e. The maximum absolute atomic E-state index is 12.5. The molecule has 1 fully saturated rings. The Morgan fingerprint density at radius 3 is 2.44 bits per heavy atom. The predicted molar refractivity (Wildman–Crippen MR) is 93.2 cm³/mol. The number of hydrogen-bond donors (Lipinski definition) is 2. The molecule has 1 saturated carbocycles. The Kier molecular flexibility index (Phi) is 4.01. The number of carbonyl (C=O) groups excluding carboxylic acids is 2. The van der Waals surface area contributed by atoms with E-state index in [1.54, 1.807) is 42.5 Å². The fraction of sp³-hybridized carbons (Fsp3) is 0.263. The van der Waals surface area contributed by atoms with Gasteiger partial charge in [-0.15, -0.1) is 0 Å². The van der Waals surface area contributed by atoms with Crippen LogP contribution in [0.25, 0.3) is 0 Å². The Morgan fingerprint density at radius 2 is 1.64 bits per heavy atom. The molecule has 2 N–H and O–H groups in total. The van der Waals surface area contributed by atoms with E-state index in [4.69, 9.17) is 9.47 Å². The van der Waals surface area contributed by atoms with Crippen LogP contribution in [0.1, 0.15) is 23.2 Å². The van der Waals surface area contributed by atoms with E-state index >= 15 is 0 Å². The third kappa shape index (κ3) is 3.57. The summed E-state index contributed by atoms with van der Waals surface area (Å²) in [5.74, 6) is 1.18. The maximum Gasteiger partial charge on any atom is 0.255 e. The molecule has 25 heavy (non-hydrogen) atoms. The van der Waals surface area contributed by atoms with Crippen LogP contribution in [-0.4, -0.2) is 25.0 Å². The van der Waals surface area contributed by atoms with Crippen molar-refractivity contribution in [1.82, 2.24) is 0 Å². The molecule has 2 aromatic rings. The molecule has 6 heteroatoms. The third-order valence-electron chi connectivity index (χ3n) is 4.14. The first-order valence-corrected chi connectivity index (χ1v) is 8.31. The zero-order valence-electron chi connectivity index (χ0n) is 13.6. The Labute approximate surface area is 145 Å². The van der Waals surface area contributed by atoms with Crippen molar-refractivity contribution >= 4 is 23.2 Å². The molecular weight excluding hydrogens is 320 g/mol. The van der Waals surface area contributed by atoms with Gasteiger partial charge in [0.1, 0.15) is 13.2 Å². The lowest BCUT2D eigenvalue weighted by Gasteiger charge is -2.19. The van der Waals surface area contributed by atoms with Crippen LogP contribution < -0.4 is 20.1 Å². The fourth-order valence-corrected chi connectivity index (χ4v) is 2.65. The van der Waals surface area contributed by atoms with Gasteiger partial charge >= 0.3 is 0 Å². The first-order chi connectivity index (χ1) is 12.2. The number of fused-ring (bicyclic) bond motifs is 1. The quantitative estimate of drug-likeness (QED) is 0.898. The lowest BCUT2D eigenvalue weighted by atomic mass is 10.1. The normalized spacial score (nSPS) is 15.4. The summed E-state index contributed by atoms with van der Waals surface area (Å²) in [5, 5.41) is 5.69. The molecule has 0 atom stereocenters. The summed E-state index contributed by atoms with van der Waals surface area (Å²) in [6, 6.07) is 12.2. The topological polar surface area (TPSA) is 76.7 Å². The minimum absolute atomic E-state index is 0.0180. The lowest BCUT2D eigenvalue weighted by Crippen LogP contribution is -2.17. The highest BCUT2D eigenvalue weighted by atomic mass is 16.6. The number of hydrogen-bond acceptors (Lipinski definition) is 4. The van der Waals surface area contributed by atoms with Crippen molar-refractivity contribution in [2.75, 3.05) is 23.8 Å². The van der Waals surface area contributed by atoms with Crippen molar-refractivity contribution < 1.29 is 19.1 Å². The maximum atomic E-state index is 12.5.